The van der Waals surface area contributed by atoms with E-state index >= 15 is 0 Å². The number of nitrogens with one attached hydrogen (secondary N) is 1. The molecule has 9 heteroatoms. The second-order valence-electron chi connectivity index (χ2n) is 6.29. The van der Waals surface area contributed by atoms with Crippen LogP contribution in [0.3, 0.4) is 0 Å². The van der Waals surface area contributed by atoms with Crippen LogP contribution in [0.1, 0.15) is 41.6 Å². The zero-order valence-electron chi connectivity index (χ0n) is 15.4. The van der Waals surface area contributed by atoms with E-state index in [-0.39, 0.29) is 11.7 Å². The fraction of sp³-hybridized carbons (Fsp3) is 0.333. The minimum Gasteiger partial charge on any atom is -0.452 e. The lowest BCUT2D eigenvalue weighted by Crippen LogP contribution is -2.21. The molecule has 0 radical (unpaired) electrons. The van der Waals surface area contributed by atoms with Crippen LogP contribution in [-0.2, 0) is 9.53 Å². The molecule has 144 valence electrons. The van der Waals surface area contributed by atoms with E-state index in [2.05, 4.69) is 5.32 Å². The molecule has 0 aliphatic carbocycles. The summed E-state index contributed by atoms with van der Waals surface area (Å²) in [6, 6.07) is 4.59. The van der Waals surface area contributed by atoms with E-state index in [0.717, 1.165) is 23.5 Å². The first-order valence-corrected chi connectivity index (χ1v) is 8.21. The molecular formula is C18H20FN3O5. The van der Waals surface area contributed by atoms with E-state index in [9.17, 15) is 24.1 Å². The van der Waals surface area contributed by atoms with Crippen LogP contribution in [0, 0.1) is 29.8 Å². The Morgan fingerprint density at radius 2 is 1.96 bits per heavy atom. The van der Waals surface area contributed by atoms with E-state index in [1.54, 1.807) is 13.0 Å². The van der Waals surface area contributed by atoms with Gasteiger partial charge >= 0.3 is 5.97 Å². The number of aromatic nitrogens is 1. The summed E-state index contributed by atoms with van der Waals surface area (Å²) < 4.78 is 20.1. The highest BCUT2D eigenvalue weighted by Gasteiger charge is 2.21. The molecule has 1 amide bonds. The highest BCUT2D eigenvalue weighted by atomic mass is 19.1. The number of aryl methyl sites for hydroxylation is 1. The summed E-state index contributed by atoms with van der Waals surface area (Å²) in [6.07, 6.45) is 0. The van der Waals surface area contributed by atoms with Crippen molar-refractivity contribution < 1.29 is 23.6 Å². The van der Waals surface area contributed by atoms with Gasteiger partial charge in [-0.1, -0.05) is 0 Å². The zero-order chi connectivity index (χ0) is 20.3. The third kappa shape index (κ3) is 4.49. The minimum atomic E-state index is -0.814. The molecule has 1 aromatic carbocycles. The normalized spacial score (nSPS) is 10.7. The molecule has 8 nitrogen and oxygen atoms in total. The first-order chi connectivity index (χ1) is 12.6. The Kier molecular flexibility index (Phi) is 5.94. The molecule has 0 spiro atoms. The van der Waals surface area contributed by atoms with E-state index in [1.165, 1.54) is 0 Å². The number of amides is 1. The fourth-order valence-corrected chi connectivity index (χ4v) is 2.94. The molecule has 1 aromatic heterocycles. The summed E-state index contributed by atoms with van der Waals surface area (Å²) in [5.74, 6) is -2.24. The largest absolute Gasteiger partial charge is 0.452 e. The van der Waals surface area contributed by atoms with Crippen LogP contribution in [0.5, 0.6) is 0 Å². The quantitative estimate of drug-likeness (QED) is 0.471. The SMILES string of the molecule is Cc1cc(C(=O)OCC(=O)Nc2ccc(F)cc2[N+](=O)[O-])c(C)n1C(C)C. The van der Waals surface area contributed by atoms with E-state index < -0.39 is 34.9 Å². The van der Waals surface area contributed by atoms with Crippen LogP contribution in [0.4, 0.5) is 15.8 Å². The molecule has 2 rings (SSSR count). The molecule has 0 fully saturated rings. The number of carbonyl (C=O) groups excluding carboxylic acids is 2. The third-order valence-electron chi connectivity index (χ3n) is 3.99. The molecule has 2 aromatic rings. The van der Waals surface area contributed by atoms with Crippen LogP contribution in [0.25, 0.3) is 0 Å². The van der Waals surface area contributed by atoms with E-state index in [4.69, 9.17) is 4.74 Å². The summed E-state index contributed by atoms with van der Waals surface area (Å²) in [6.45, 7) is 6.99. The number of nitrogens with zero attached hydrogens (tertiary/aromatic N) is 2. The van der Waals surface area contributed by atoms with Gasteiger partial charge in [0.15, 0.2) is 6.61 Å². The lowest BCUT2D eigenvalue weighted by molar-refractivity contribution is -0.384. The molecule has 0 saturated carbocycles. The maximum atomic E-state index is 13.1. The average Bonchev–Trinajstić information content (AvgIpc) is 2.88. The van der Waals surface area contributed by atoms with Crippen LogP contribution >= 0.6 is 0 Å². The second-order valence-corrected chi connectivity index (χ2v) is 6.29. The average molecular weight is 377 g/mol. The number of ether oxygens (including phenoxy) is 1. The van der Waals surface area contributed by atoms with Crippen molar-refractivity contribution in [2.75, 3.05) is 11.9 Å². The Morgan fingerprint density at radius 3 is 2.52 bits per heavy atom. The van der Waals surface area contributed by atoms with E-state index in [0.29, 0.717) is 11.6 Å². The van der Waals surface area contributed by atoms with Gasteiger partial charge in [-0.25, -0.2) is 9.18 Å². The zero-order valence-corrected chi connectivity index (χ0v) is 15.4. The summed E-state index contributed by atoms with van der Waals surface area (Å²) in [4.78, 5) is 34.3. The Labute approximate surface area is 155 Å². The molecule has 27 heavy (non-hydrogen) atoms. The maximum absolute atomic E-state index is 13.1. The van der Waals surface area contributed by atoms with Crippen molar-refractivity contribution in [3.8, 4) is 0 Å². The van der Waals surface area contributed by atoms with Gasteiger partial charge in [-0.3, -0.25) is 14.9 Å². The van der Waals surface area contributed by atoms with Gasteiger partial charge in [0.05, 0.1) is 16.6 Å². The standard InChI is InChI=1S/C18H20FN3O5/c1-10(2)21-11(3)7-14(12(21)4)18(24)27-9-17(23)20-15-6-5-13(19)8-16(15)22(25)26/h5-8,10H,9H2,1-4H3,(H,20,23). The molecule has 0 aliphatic rings. The number of nitro groups is 1. The fourth-order valence-electron chi connectivity index (χ4n) is 2.94. The summed E-state index contributed by atoms with van der Waals surface area (Å²) in [5.41, 5.74) is 1.19. The molecule has 0 atom stereocenters. The van der Waals surface area contributed by atoms with Gasteiger partial charge in [0.2, 0.25) is 0 Å². The van der Waals surface area contributed by atoms with Crippen molar-refractivity contribution in [3.05, 3.63) is 57.1 Å². The van der Waals surface area contributed by atoms with Gasteiger partial charge < -0.3 is 14.6 Å². The molecular weight excluding hydrogens is 357 g/mol. The number of hydrogen-bond acceptors (Lipinski definition) is 5. The first kappa shape index (κ1) is 20.1. The Bertz CT molecular complexity index is 905. The van der Waals surface area contributed by atoms with Crippen LogP contribution < -0.4 is 5.32 Å². The molecule has 1 heterocycles. The Hall–Kier alpha value is -3.23. The lowest BCUT2D eigenvalue weighted by atomic mass is 10.2. The monoisotopic (exact) mass is 377 g/mol. The van der Waals surface area contributed by atoms with Gasteiger partial charge in [0, 0.05) is 17.4 Å². The van der Waals surface area contributed by atoms with Gasteiger partial charge in [-0.15, -0.1) is 0 Å². The van der Waals surface area contributed by atoms with Crippen molar-refractivity contribution in [2.24, 2.45) is 0 Å². The van der Waals surface area contributed by atoms with Crippen molar-refractivity contribution in [3.63, 3.8) is 0 Å². The first-order valence-electron chi connectivity index (χ1n) is 8.21. The van der Waals surface area contributed by atoms with Gasteiger partial charge in [-0.2, -0.15) is 0 Å². The van der Waals surface area contributed by atoms with Crippen LogP contribution in [0.2, 0.25) is 0 Å². The number of rotatable bonds is 6. The molecule has 1 N–H and O–H groups in total. The predicted octanol–water partition coefficient (Wildman–Crippen LogP) is 3.53. The third-order valence-corrected chi connectivity index (χ3v) is 3.99. The molecule has 0 unspecified atom stereocenters. The van der Waals surface area contributed by atoms with Crippen LogP contribution in [0.15, 0.2) is 24.3 Å². The van der Waals surface area contributed by atoms with Gasteiger partial charge in [0.25, 0.3) is 11.6 Å². The lowest BCUT2D eigenvalue weighted by Gasteiger charge is -2.13. The Balaban J connectivity index is 2.06. The van der Waals surface area contributed by atoms with Gasteiger partial charge in [-0.05, 0) is 45.9 Å². The van der Waals surface area contributed by atoms with Crippen molar-refractivity contribution in [1.29, 1.82) is 0 Å². The second kappa shape index (κ2) is 7.98. The number of halogens is 1. The number of nitro benzene ring substituents is 1. The summed E-state index contributed by atoms with van der Waals surface area (Å²) in [7, 11) is 0. The van der Waals surface area contributed by atoms with Crippen LogP contribution in [-0.4, -0.2) is 28.0 Å². The Morgan fingerprint density at radius 1 is 1.30 bits per heavy atom. The highest BCUT2D eigenvalue weighted by Crippen LogP contribution is 2.25. The van der Waals surface area contributed by atoms with E-state index in [1.807, 2.05) is 25.3 Å². The van der Waals surface area contributed by atoms with Crippen molar-refractivity contribution >= 4 is 23.3 Å². The molecule has 0 bridgehead atoms. The summed E-state index contributed by atoms with van der Waals surface area (Å²) in [5, 5.41) is 13.2. The summed E-state index contributed by atoms with van der Waals surface area (Å²) >= 11 is 0. The minimum absolute atomic E-state index is 0.161. The number of carbonyl (C=O) groups is 2. The van der Waals surface area contributed by atoms with Crippen molar-refractivity contribution in [2.45, 2.75) is 33.7 Å². The number of anilines is 1. The van der Waals surface area contributed by atoms with Gasteiger partial charge in [0.1, 0.15) is 11.5 Å². The molecule has 0 saturated heterocycles. The number of benzene rings is 1. The van der Waals surface area contributed by atoms with Crippen molar-refractivity contribution in [1.82, 2.24) is 4.57 Å². The topological polar surface area (TPSA) is 103 Å². The highest BCUT2D eigenvalue weighted by molar-refractivity contribution is 5.97. The smallest absolute Gasteiger partial charge is 0.340 e. The number of hydrogen-bond donors (Lipinski definition) is 1. The number of esters is 1. The molecule has 0 aliphatic heterocycles. The predicted molar refractivity (Wildman–Crippen MR) is 96.3 cm³/mol. The maximum Gasteiger partial charge on any atom is 0.340 e.